The molecule has 0 aromatic heterocycles. The lowest BCUT2D eigenvalue weighted by Gasteiger charge is -1.93. The van der Waals surface area contributed by atoms with Crippen LogP contribution >= 0.6 is 12.2 Å². The second-order valence-corrected chi connectivity index (χ2v) is 1.36. The molecule has 0 aliphatic carbocycles. The van der Waals surface area contributed by atoms with Crippen LogP contribution in [0.4, 0.5) is 0 Å². The van der Waals surface area contributed by atoms with E-state index in [1.807, 2.05) is 6.92 Å². The van der Waals surface area contributed by atoms with E-state index in [4.69, 9.17) is 26.1 Å². The van der Waals surface area contributed by atoms with Gasteiger partial charge in [0.15, 0.2) is 0 Å². The first-order chi connectivity index (χ1) is 5.60. The number of isocyanates is 2. The van der Waals surface area contributed by atoms with Gasteiger partial charge in [0.05, 0.1) is 6.61 Å². The van der Waals surface area contributed by atoms with E-state index in [2.05, 4.69) is 17.0 Å². The fourth-order valence-electron chi connectivity index (χ4n) is 0.142. The highest BCUT2D eigenvalue weighted by Crippen LogP contribution is 1.67. The smallest absolute Gasteiger partial charge is 0.253 e. The summed E-state index contributed by atoms with van der Waals surface area (Å²) in [6.07, 6.45) is 1.50. The molecule has 6 nitrogen and oxygen atoms in total. The third-order valence-electron chi connectivity index (χ3n) is 0.287. The minimum absolute atomic E-state index is 0.123. The van der Waals surface area contributed by atoms with E-state index < -0.39 is 0 Å². The van der Waals surface area contributed by atoms with Crippen molar-refractivity contribution in [3.63, 3.8) is 0 Å². The van der Waals surface area contributed by atoms with Gasteiger partial charge in [-0.3, -0.25) is 0 Å². The van der Waals surface area contributed by atoms with Gasteiger partial charge in [-0.15, -0.1) is 0 Å². The first-order valence-corrected chi connectivity index (χ1v) is 3.01. The maximum Gasteiger partial charge on any atom is 0.253 e. The van der Waals surface area contributed by atoms with E-state index in [1.165, 1.54) is 0 Å². The number of carbonyl (C=O) groups excluding carboxylic acids is 2. The summed E-state index contributed by atoms with van der Waals surface area (Å²) >= 11 is 4.35. The summed E-state index contributed by atoms with van der Waals surface area (Å²) in [6, 6.07) is 0. The zero-order chi connectivity index (χ0) is 10.4. The lowest BCUT2D eigenvalue weighted by molar-refractivity contribution is 0.331. The Hall–Kier alpha value is -1.55. The van der Waals surface area contributed by atoms with Crippen LogP contribution in [0.1, 0.15) is 6.92 Å². The van der Waals surface area contributed by atoms with Crippen LogP contribution in [0.25, 0.3) is 0 Å². The Morgan fingerprint density at radius 1 is 1.50 bits per heavy atom. The van der Waals surface area contributed by atoms with Crippen LogP contribution in [-0.4, -0.2) is 23.9 Å². The van der Waals surface area contributed by atoms with Crippen LogP contribution in [-0.2, 0) is 14.3 Å². The summed E-state index contributed by atoms with van der Waals surface area (Å²) in [5, 5.41) is 10.9. The fourth-order valence-corrected chi connectivity index (χ4v) is 0.260. The molecule has 0 aliphatic rings. The Morgan fingerprint density at radius 3 is 1.75 bits per heavy atom. The molecule has 0 rings (SSSR count). The number of nitrogens with two attached hydrogens (primary N) is 1. The highest BCUT2D eigenvalue weighted by atomic mass is 32.1. The molecule has 0 radical (unpaired) electrons. The zero-order valence-electron chi connectivity index (χ0n) is 6.42. The van der Waals surface area contributed by atoms with Crippen molar-refractivity contribution in [2.45, 2.75) is 6.92 Å². The molecule has 0 amide bonds. The quantitative estimate of drug-likeness (QED) is 0.308. The average Bonchev–Trinajstić information content (AvgIpc) is 1.89. The summed E-state index contributed by atoms with van der Waals surface area (Å²) in [7, 11) is 0. The highest BCUT2D eigenvalue weighted by Gasteiger charge is 1.76. The molecule has 0 aromatic rings. The van der Waals surface area contributed by atoms with E-state index in [0.717, 1.165) is 12.2 Å². The van der Waals surface area contributed by atoms with Crippen LogP contribution in [0, 0.1) is 10.8 Å². The number of hydrogen-bond donors (Lipinski definition) is 3. The largest absolute Gasteiger partial charge is 0.472 e. The maximum absolute atomic E-state index is 8.35. The third kappa shape index (κ3) is 223. The lowest BCUT2D eigenvalue weighted by atomic mass is 10.9. The lowest BCUT2D eigenvalue weighted by Crippen LogP contribution is -2.11. The fraction of sp³-hybridized carbons (Fsp3) is 0.400. The van der Waals surface area contributed by atoms with Gasteiger partial charge in [0.1, 0.15) is 0 Å². The van der Waals surface area contributed by atoms with Crippen LogP contribution in [0.15, 0.2) is 0 Å². The van der Waals surface area contributed by atoms with Gasteiger partial charge < -0.3 is 10.5 Å². The molecule has 4 N–H and O–H groups in total. The van der Waals surface area contributed by atoms with Crippen LogP contribution in [0.3, 0.4) is 0 Å². The van der Waals surface area contributed by atoms with Gasteiger partial charge in [0, 0.05) is 0 Å². The molecule has 12 heavy (non-hydrogen) atoms. The number of rotatable bonds is 1. The van der Waals surface area contributed by atoms with Crippen molar-refractivity contribution in [2.75, 3.05) is 6.61 Å². The monoisotopic (exact) mass is 191 g/mol. The van der Waals surface area contributed by atoms with Gasteiger partial charge in [-0.05, 0) is 19.1 Å². The molecule has 0 heterocycles. The van der Waals surface area contributed by atoms with Crippen molar-refractivity contribution < 1.29 is 14.3 Å². The third-order valence-corrected chi connectivity index (χ3v) is 0.404. The van der Waals surface area contributed by atoms with Crippen molar-refractivity contribution >= 4 is 29.6 Å². The zero-order valence-corrected chi connectivity index (χ0v) is 7.23. The van der Waals surface area contributed by atoms with Crippen molar-refractivity contribution in [3.05, 3.63) is 0 Å². The number of thiocarbonyl (C=S) groups is 1. The molecule has 0 saturated heterocycles. The van der Waals surface area contributed by atoms with Crippen molar-refractivity contribution in [2.24, 2.45) is 5.73 Å². The van der Waals surface area contributed by atoms with Crippen molar-refractivity contribution in [1.29, 1.82) is 10.8 Å². The normalized spacial score (nSPS) is 5.08. The van der Waals surface area contributed by atoms with Gasteiger partial charge in [-0.25, -0.2) is 20.4 Å². The summed E-state index contributed by atoms with van der Waals surface area (Å²) in [5.41, 5.74) is 4.91. The van der Waals surface area contributed by atoms with Crippen LogP contribution in [0.5, 0.6) is 0 Å². The standard InChI is InChI=1S/C3H7NOS.2CHNO/c1-2-5-3(4)6;2*2-1-3/h2H2,1H3,(H2,4,6);2*2H. The molecule has 68 valence electrons. The average molecular weight is 191 g/mol. The molecule has 0 bridgehead atoms. The van der Waals surface area contributed by atoms with E-state index in [-0.39, 0.29) is 5.17 Å². The predicted molar refractivity (Wildman–Crippen MR) is 45.2 cm³/mol. The minimum Gasteiger partial charge on any atom is -0.472 e. The molecule has 0 atom stereocenters. The summed E-state index contributed by atoms with van der Waals surface area (Å²) in [6.45, 7) is 2.40. The van der Waals surface area contributed by atoms with E-state index in [9.17, 15) is 0 Å². The number of nitrogens with one attached hydrogen (secondary N) is 2. The molecule has 0 spiro atoms. The summed E-state index contributed by atoms with van der Waals surface area (Å²) in [5.74, 6) is 0. The topological polar surface area (TPSA) is 117 Å². The Bertz CT molecular complexity index is 159. The Kier molecular flexibility index (Phi) is 31.8. The summed E-state index contributed by atoms with van der Waals surface area (Å²) < 4.78 is 4.55. The maximum atomic E-state index is 8.35. The molecule has 0 aromatic carbocycles. The van der Waals surface area contributed by atoms with Crippen molar-refractivity contribution in [3.8, 4) is 0 Å². The van der Waals surface area contributed by atoms with E-state index in [1.54, 1.807) is 0 Å². The highest BCUT2D eigenvalue weighted by molar-refractivity contribution is 7.80. The first-order valence-electron chi connectivity index (χ1n) is 2.60. The second-order valence-electron chi connectivity index (χ2n) is 0.956. The number of ether oxygens (including phenoxy) is 1. The first kappa shape index (κ1) is 16.8. The Labute approximate surface area is 74.7 Å². The molecule has 0 fully saturated rings. The molecular weight excluding hydrogens is 182 g/mol. The minimum atomic E-state index is 0.123. The van der Waals surface area contributed by atoms with Gasteiger partial charge in [0.2, 0.25) is 12.2 Å². The molecular formula is C5H9N3O3S. The van der Waals surface area contributed by atoms with Gasteiger partial charge in [0.25, 0.3) is 5.17 Å². The predicted octanol–water partition coefficient (Wildman–Crippen LogP) is 0.0684. The summed E-state index contributed by atoms with van der Waals surface area (Å²) in [4.78, 5) is 16.7. The number of hydrogen-bond acceptors (Lipinski definition) is 6. The second kappa shape index (κ2) is 22.7. The molecule has 7 heteroatoms. The van der Waals surface area contributed by atoms with Gasteiger partial charge in [-0.2, -0.15) is 0 Å². The van der Waals surface area contributed by atoms with E-state index >= 15 is 0 Å². The van der Waals surface area contributed by atoms with Gasteiger partial charge >= 0.3 is 0 Å². The van der Waals surface area contributed by atoms with Crippen LogP contribution in [0.2, 0.25) is 0 Å². The molecule has 0 unspecified atom stereocenters. The SMILES string of the molecule is CCOC(N)=S.N=C=O.N=C=O. The van der Waals surface area contributed by atoms with E-state index in [0.29, 0.717) is 6.61 Å². The Balaban J connectivity index is -0.000000115. The Morgan fingerprint density at radius 2 is 1.75 bits per heavy atom. The van der Waals surface area contributed by atoms with Crippen molar-refractivity contribution in [1.82, 2.24) is 0 Å². The molecule has 0 aliphatic heterocycles. The van der Waals surface area contributed by atoms with Crippen LogP contribution < -0.4 is 5.73 Å². The van der Waals surface area contributed by atoms with Gasteiger partial charge in [-0.1, -0.05) is 0 Å². The molecule has 0 saturated carbocycles.